The smallest absolute Gasteiger partial charge is 0.306 e. The molecule has 0 saturated carbocycles. The average molecular weight is 1080 g/mol. The number of carbonyl (C=O) groups is 3. The Morgan fingerprint density at radius 2 is 0.526 bits per heavy atom. The molecule has 438 valence electrons. The third-order valence-electron chi connectivity index (χ3n) is 12.8. The molecular weight excluding hydrogens is 961 g/mol. The van der Waals surface area contributed by atoms with Crippen LogP contribution in [0.25, 0.3) is 0 Å². The van der Waals surface area contributed by atoms with Crippen molar-refractivity contribution in [2.24, 2.45) is 0 Å². The van der Waals surface area contributed by atoms with Crippen molar-refractivity contribution in [3.63, 3.8) is 0 Å². The van der Waals surface area contributed by atoms with Crippen LogP contribution in [0, 0.1) is 0 Å². The van der Waals surface area contributed by atoms with Crippen molar-refractivity contribution in [1.82, 2.24) is 0 Å². The summed E-state index contributed by atoms with van der Waals surface area (Å²) >= 11 is 0. The number of carbonyl (C=O) groups excluding carboxylic acids is 3. The number of unbranched alkanes of at least 4 members (excludes halogenated alkanes) is 18. The summed E-state index contributed by atoms with van der Waals surface area (Å²) in [6.45, 7) is 6.32. The van der Waals surface area contributed by atoms with Crippen molar-refractivity contribution in [2.45, 2.75) is 264 Å². The van der Waals surface area contributed by atoms with E-state index in [1.54, 1.807) is 0 Å². The number of esters is 3. The molecule has 0 amide bonds. The molecule has 0 aliphatic carbocycles. The maximum Gasteiger partial charge on any atom is 0.306 e. The molecule has 0 aromatic carbocycles. The summed E-state index contributed by atoms with van der Waals surface area (Å²) in [6, 6.07) is 0. The van der Waals surface area contributed by atoms with Crippen LogP contribution in [0.4, 0.5) is 0 Å². The van der Waals surface area contributed by atoms with E-state index in [2.05, 4.69) is 167 Å². The highest BCUT2D eigenvalue weighted by molar-refractivity contribution is 5.71. The fraction of sp³-hybridized carbons (Fsp3) is 0.597. The van der Waals surface area contributed by atoms with Crippen molar-refractivity contribution in [1.29, 1.82) is 0 Å². The summed E-state index contributed by atoms with van der Waals surface area (Å²) < 4.78 is 16.8. The quantitative estimate of drug-likeness (QED) is 0.0261. The van der Waals surface area contributed by atoms with Gasteiger partial charge in [-0.15, -0.1) is 0 Å². The first-order chi connectivity index (χ1) is 38.5. The summed E-state index contributed by atoms with van der Waals surface area (Å²) in [6.07, 6.45) is 94.1. The Morgan fingerprint density at radius 1 is 0.269 bits per heavy atom. The zero-order valence-electron chi connectivity index (χ0n) is 50.1. The molecule has 0 fully saturated rings. The predicted octanol–water partition coefficient (Wildman–Crippen LogP) is 21.7. The molecule has 0 aromatic heterocycles. The molecular formula is C72H114O6. The molecule has 0 aliphatic heterocycles. The van der Waals surface area contributed by atoms with Gasteiger partial charge in [0.15, 0.2) is 6.10 Å². The standard InChI is InChI=1S/C72H114O6/c1-4-7-10-13-16-19-22-24-26-28-30-31-32-33-34-35-36-37-38-39-40-41-43-44-46-48-50-53-56-59-62-65-71(74)77-68-69(67-76-70(73)64-61-58-55-52-21-18-15-12-9-6-3)78-72(75)66-63-60-57-54-51-49-47-45-42-29-27-25-23-20-17-14-11-8-5-2/h7-8,10-11,16-17,19-20,24-27,30-31,33-34,36-37,39-40,42,45,49,51,57,60,69H,4-6,9,12-15,18,21-23,28-29,32,35,38,41,43-44,46-48,50,52-56,58-59,61-68H2,1-3H3/b10-7-,11-8-,19-16-,20-17-,26-24-,27-25-,31-30-,34-33-,37-36-,40-39-,45-42-,51-49-,60-57-. The second-order valence-electron chi connectivity index (χ2n) is 20.2. The maximum absolute atomic E-state index is 12.8. The molecule has 78 heavy (non-hydrogen) atoms. The number of ether oxygens (including phenoxy) is 3. The van der Waals surface area contributed by atoms with Gasteiger partial charge in [0.1, 0.15) is 13.2 Å². The van der Waals surface area contributed by atoms with Crippen LogP contribution in [0.3, 0.4) is 0 Å². The molecule has 1 unspecified atom stereocenters. The average Bonchev–Trinajstić information content (AvgIpc) is 3.44. The fourth-order valence-corrected chi connectivity index (χ4v) is 8.15. The van der Waals surface area contributed by atoms with E-state index in [-0.39, 0.29) is 31.6 Å². The van der Waals surface area contributed by atoms with E-state index in [1.165, 1.54) is 83.5 Å². The largest absolute Gasteiger partial charge is 0.462 e. The van der Waals surface area contributed by atoms with Crippen LogP contribution in [0.2, 0.25) is 0 Å². The van der Waals surface area contributed by atoms with Crippen LogP contribution in [0.1, 0.15) is 258 Å². The van der Waals surface area contributed by atoms with Gasteiger partial charge in [-0.1, -0.05) is 281 Å². The van der Waals surface area contributed by atoms with Gasteiger partial charge in [-0.2, -0.15) is 0 Å². The molecule has 0 aliphatic rings. The third-order valence-corrected chi connectivity index (χ3v) is 12.8. The van der Waals surface area contributed by atoms with E-state index >= 15 is 0 Å². The molecule has 0 aromatic rings. The Hall–Kier alpha value is -4.97. The molecule has 0 spiro atoms. The van der Waals surface area contributed by atoms with E-state index in [0.29, 0.717) is 19.3 Å². The second-order valence-corrected chi connectivity index (χ2v) is 20.2. The van der Waals surface area contributed by atoms with Crippen molar-refractivity contribution in [3.8, 4) is 0 Å². The molecule has 6 heteroatoms. The van der Waals surface area contributed by atoms with Crippen molar-refractivity contribution in [2.75, 3.05) is 13.2 Å². The Labute approximate surface area is 480 Å². The van der Waals surface area contributed by atoms with E-state index in [1.807, 2.05) is 12.2 Å². The lowest BCUT2D eigenvalue weighted by atomic mass is 10.1. The first kappa shape index (κ1) is 73.0. The topological polar surface area (TPSA) is 78.9 Å². The Morgan fingerprint density at radius 3 is 0.833 bits per heavy atom. The van der Waals surface area contributed by atoms with Gasteiger partial charge in [-0.05, 0) is 116 Å². The molecule has 0 heterocycles. The van der Waals surface area contributed by atoms with Gasteiger partial charge < -0.3 is 14.2 Å². The lowest BCUT2D eigenvalue weighted by Gasteiger charge is -2.18. The third kappa shape index (κ3) is 61.9. The minimum absolute atomic E-state index is 0.114. The minimum atomic E-state index is -0.826. The van der Waals surface area contributed by atoms with E-state index < -0.39 is 12.1 Å². The molecule has 0 saturated heterocycles. The van der Waals surface area contributed by atoms with Crippen LogP contribution < -0.4 is 0 Å². The summed E-state index contributed by atoms with van der Waals surface area (Å²) in [5, 5.41) is 0. The first-order valence-corrected chi connectivity index (χ1v) is 31.5. The van der Waals surface area contributed by atoms with Gasteiger partial charge in [0.05, 0.1) is 0 Å². The van der Waals surface area contributed by atoms with Crippen molar-refractivity contribution < 1.29 is 28.6 Å². The predicted molar refractivity (Wildman–Crippen MR) is 338 cm³/mol. The van der Waals surface area contributed by atoms with Gasteiger partial charge in [-0.3, -0.25) is 14.4 Å². The van der Waals surface area contributed by atoms with Crippen LogP contribution in [-0.4, -0.2) is 37.2 Å². The van der Waals surface area contributed by atoms with Gasteiger partial charge in [0.25, 0.3) is 0 Å². The second kappa shape index (κ2) is 64.6. The van der Waals surface area contributed by atoms with E-state index in [4.69, 9.17) is 14.2 Å². The number of allylic oxidation sites excluding steroid dienone is 26. The number of hydrogen-bond acceptors (Lipinski definition) is 6. The Kier molecular flexibility index (Phi) is 60.4. The Balaban J connectivity index is 4.34. The summed E-state index contributed by atoms with van der Waals surface area (Å²) in [5.74, 6) is -1.01. The molecule has 0 rings (SSSR count). The summed E-state index contributed by atoms with van der Waals surface area (Å²) in [4.78, 5) is 38.1. The number of hydrogen-bond donors (Lipinski definition) is 0. The highest BCUT2D eigenvalue weighted by atomic mass is 16.6. The summed E-state index contributed by atoms with van der Waals surface area (Å²) in [5.41, 5.74) is 0. The normalized spacial score (nSPS) is 13.2. The zero-order valence-corrected chi connectivity index (χ0v) is 50.1. The van der Waals surface area contributed by atoms with Gasteiger partial charge in [-0.25, -0.2) is 0 Å². The van der Waals surface area contributed by atoms with Crippen molar-refractivity contribution in [3.05, 3.63) is 158 Å². The minimum Gasteiger partial charge on any atom is -0.462 e. The van der Waals surface area contributed by atoms with Crippen LogP contribution in [-0.2, 0) is 28.6 Å². The molecule has 0 radical (unpaired) electrons. The SMILES string of the molecule is CC/C=C\C/C=C\C/C=C\C/C=C\C/C=C\C/C=C\C/C=C\CCCCCCCCCCCC(=O)OCC(COC(=O)CCCCCCCCCCCC)OC(=O)CC/C=C\C/C=C\C/C=C\C/C=C\C/C=C\C/C=C\CC. The number of rotatable bonds is 55. The molecule has 0 N–H and O–H groups in total. The highest BCUT2D eigenvalue weighted by Crippen LogP contribution is 2.14. The molecule has 6 nitrogen and oxygen atoms in total. The monoisotopic (exact) mass is 1070 g/mol. The van der Waals surface area contributed by atoms with Crippen molar-refractivity contribution >= 4 is 17.9 Å². The first-order valence-electron chi connectivity index (χ1n) is 31.5. The van der Waals surface area contributed by atoms with Gasteiger partial charge >= 0.3 is 17.9 Å². The zero-order chi connectivity index (χ0) is 56.4. The van der Waals surface area contributed by atoms with E-state index in [0.717, 1.165) is 128 Å². The molecule has 1 atom stereocenters. The van der Waals surface area contributed by atoms with Gasteiger partial charge in [0, 0.05) is 19.3 Å². The Bertz CT molecular complexity index is 1760. The van der Waals surface area contributed by atoms with Crippen LogP contribution >= 0.6 is 0 Å². The summed E-state index contributed by atoms with van der Waals surface area (Å²) in [7, 11) is 0. The lowest BCUT2D eigenvalue weighted by Crippen LogP contribution is -2.30. The van der Waals surface area contributed by atoms with E-state index in [9.17, 15) is 14.4 Å². The highest BCUT2D eigenvalue weighted by Gasteiger charge is 2.19. The molecule has 0 bridgehead atoms. The van der Waals surface area contributed by atoms with Crippen LogP contribution in [0.15, 0.2) is 158 Å². The maximum atomic E-state index is 12.8. The van der Waals surface area contributed by atoms with Gasteiger partial charge in [0.2, 0.25) is 0 Å². The van der Waals surface area contributed by atoms with Crippen LogP contribution in [0.5, 0.6) is 0 Å². The lowest BCUT2D eigenvalue weighted by molar-refractivity contribution is -0.166. The fourth-order valence-electron chi connectivity index (χ4n) is 8.15.